The minimum absolute atomic E-state index is 0. The van der Waals surface area contributed by atoms with Crippen LogP contribution in [0, 0.1) is 0 Å². The average Bonchev–Trinajstić information content (AvgIpc) is 2.71. The number of benzene rings is 2. The smallest absolute Gasteiger partial charge is 0.240 e. The maximum atomic E-state index is 12.2. The molecule has 9 heteroatoms. The van der Waals surface area contributed by atoms with Crippen LogP contribution in [-0.4, -0.2) is 40.6 Å². The van der Waals surface area contributed by atoms with Crippen LogP contribution < -0.4 is 20.1 Å². The SMILES string of the molecule is CCNC(=NCc1ccccc1OCC)NCCNS(=O)(=O)c1ccccc1.I. The lowest BCUT2D eigenvalue weighted by Gasteiger charge is -2.13. The number of guanidine groups is 1. The minimum Gasteiger partial charge on any atom is -0.494 e. The van der Waals surface area contributed by atoms with E-state index in [9.17, 15) is 8.42 Å². The molecule has 2 rings (SSSR count). The number of halogens is 1. The second kappa shape index (κ2) is 13.4. The topological polar surface area (TPSA) is 91.8 Å². The minimum atomic E-state index is -3.50. The Morgan fingerprint density at radius 1 is 0.966 bits per heavy atom. The number of sulfonamides is 1. The Morgan fingerprint density at radius 3 is 2.34 bits per heavy atom. The van der Waals surface area contributed by atoms with Crippen molar-refractivity contribution in [3.63, 3.8) is 0 Å². The van der Waals surface area contributed by atoms with E-state index in [1.165, 1.54) is 0 Å². The molecule has 3 N–H and O–H groups in total. The molecule has 2 aromatic carbocycles. The Kier molecular flexibility index (Phi) is 11.6. The second-order valence-corrected chi connectivity index (χ2v) is 7.64. The van der Waals surface area contributed by atoms with Gasteiger partial charge < -0.3 is 15.4 Å². The monoisotopic (exact) mass is 532 g/mol. The van der Waals surface area contributed by atoms with E-state index in [2.05, 4.69) is 20.3 Å². The van der Waals surface area contributed by atoms with Crippen molar-refractivity contribution in [2.24, 2.45) is 4.99 Å². The van der Waals surface area contributed by atoms with Crippen molar-refractivity contribution in [1.29, 1.82) is 0 Å². The van der Waals surface area contributed by atoms with Crippen molar-refractivity contribution in [2.45, 2.75) is 25.3 Å². The quantitative estimate of drug-likeness (QED) is 0.190. The van der Waals surface area contributed by atoms with E-state index in [1.807, 2.05) is 38.1 Å². The number of nitrogens with zero attached hydrogens (tertiary/aromatic N) is 1. The van der Waals surface area contributed by atoms with Gasteiger partial charge in [0, 0.05) is 25.2 Å². The summed E-state index contributed by atoms with van der Waals surface area (Å²) in [5.74, 6) is 1.44. The van der Waals surface area contributed by atoms with E-state index < -0.39 is 10.0 Å². The predicted molar refractivity (Wildman–Crippen MR) is 127 cm³/mol. The fourth-order valence-electron chi connectivity index (χ4n) is 2.49. The molecule has 0 radical (unpaired) electrons. The summed E-state index contributed by atoms with van der Waals surface area (Å²) in [7, 11) is -3.50. The molecular weight excluding hydrogens is 503 g/mol. The van der Waals surface area contributed by atoms with Crippen LogP contribution in [0.15, 0.2) is 64.5 Å². The highest BCUT2D eigenvalue weighted by molar-refractivity contribution is 14.0. The molecule has 0 aliphatic rings. The van der Waals surface area contributed by atoms with Gasteiger partial charge in [0.05, 0.1) is 18.0 Å². The van der Waals surface area contributed by atoms with Crippen molar-refractivity contribution in [2.75, 3.05) is 26.2 Å². The Balaban J connectivity index is 0.00000420. The predicted octanol–water partition coefficient (Wildman–Crippen LogP) is 2.74. The maximum Gasteiger partial charge on any atom is 0.240 e. The molecule has 0 aliphatic carbocycles. The molecule has 0 saturated carbocycles. The molecule has 0 saturated heterocycles. The fraction of sp³-hybridized carbons (Fsp3) is 0.350. The lowest BCUT2D eigenvalue weighted by Crippen LogP contribution is -2.41. The van der Waals surface area contributed by atoms with Crippen molar-refractivity contribution in [3.05, 3.63) is 60.2 Å². The highest BCUT2D eigenvalue weighted by Gasteiger charge is 2.12. The number of hydrogen-bond donors (Lipinski definition) is 3. The summed E-state index contributed by atoms with van der Waals surface area (Å²) in [4.78, 5) is 4.81. The summed E-state index contributed by atoms with van der Waals surface area (Å²) in [5, 5.41) is 6.29. The van der Waals surface area contributed by atoms with E-state index in [0.717, 1.165) is 11.3 Å². The summed E-state index contributed by atoms with van der Waals surface area (Å²) < 4.78 is 32.6. The number of rotatable bonds is 10. The zero-order valence-corrected chi connectivity index (χ0v) is 19.9. The summed E-state index contributed by atoms with van der Waals surface area (Å²) in [6.07, 6.45) is 0. The number of hydrogen-bond acceptors (Lipinski definition) is 4. The standard InChI is InChI=1S/C20H28N4O3S.HI/c1-3-21-20(23-16-17-10-8-9-13-19(17)27-4-2)22-14-15-24-28(25,26)18-11-6-5-7-12-18;/h5-13,24H,3-4,14-16H2,1-2H3,(H2,21,22,23);1H. The van der Waals surface area contributed by atoms with Crippen LogP contribution in [0.2, 0.25) is 0 Å². The van der Waals surface area contributed by atoms with Gasteiger partial charge in [-0.3, -0.25) is 0 Å². The third-order valence-electron chi connectivity index (χ3n) is 3.79. The van der Waals surface area contributed by atoms with Crippen LogP contribution in [0.4, 0.5) is 0 Å². The van der Waals surface area contributed by atoms with E-state index in [0.29, 0.717) is 32.2 Å². The van der Waals surface area contributed by atoms with Gasteiger partial charge >= 0.3 is 0 Å². The van der Waals surface area contributed by atoms with E-state index in [1.54, 1.807) is 30.3 Å². The molecular formula is C20H29IN4O3S. The lowest BCUT2D eigenvalue weighted by molar-refractivity contribution is 0.336. The normalized spacial score (nSPS) is 11.4. The van der Waals surface area contributed by atoms with Crippen molar-refractivity contribution in [3.8, 4) is 5.75 Å². The van der Waals surface area contributed by atoms with Crippen LogP contribution in [0.3, 0.4) is 0 Å². The lowest BCUT2D eigenvalue weighted by atomic mass is 10.2. The molecule has 0 aliphatic heterocycles. The Labute approximate surface area is 190 Å². The molecule has 0 atom stereocenters. The number of nitrogens with one attached hydrogen (secondary N) is 3. The summed E-state index contributed by atoms with van der Waals surface area (Å²) >= 11 is 0. The molecule has 0 fully saturated rings. The molecule has 0 spiro atoms. The molecule has 29 heavy (non-hydrogen) atoms. The third kappa shape index (κ3) is 8.58. The Hall–Kier alpha value is -1.85. The molecule has 0 unspecified atom stereocenters. The van der Waals surface area contributed by atoms with Crippen LogP contribution >= 0.6 is 24.0 Å². The molecule has 0 heterocycles. The molecule has 0 amide bonds. The van der Waals surface area contributed by atoms with Crippen molar-refractivity contribution >= 4 is 40.0 Å². The van der Waals surface area contributed by atoms with Crippen LogP contribution in [0.25, 0.3) is 0 Å². The Morgan fingerprint density at radius 2 is 1.66 bits per heavy atom. The first kappa shape index (κ1) is 25.2. The van der Waals surface area contributed by atoms with Gasteiger partial charge in [0.25, 0.3) is 0 Å². The van der Waals surface area contributed by atoms with Gasteiger partial charge in [-0.05, 0) is 32.0 Å². The number of para-hydroxylation sites is 1. The van der Waals surface area contributed by atoms with Crippen molar-refractivity contribution < 1.29 is 13.2 Å². The number of aliphatic imine (C=N–C) groups is 1. The molecule has 0 bridgehead atoms. The van der Waals surface area contributed by atoms with Gasteiger partial charge in [-0.15, -0.1) is 24.0 Å². The fourth-order valence-corrected chi connectivity index (χ4v) is 3.54. The second-order valence-electron chi connectivity index (χ2n) is 5.87. The summed E-state index contributed by atoms with van der Waals surface area (Å²) in [5.41, 5.74) is 0.992. The van der Waals surface area contributed by atoms with E-state index in [4.69, 9.17) is 4.74 Å². The zero-order valence-electron chi connectivity index (χ0n) is 16.7. The zero-order chi connectivity index (χ0) is 20.2. The maximum absolute atomic E-state index is 12.2. The molecule has 160 valence electrons. The Bertz CT molecular complexity index is 861. The largest absolute Gasteiger partial charge is 0.494 e. The van der Waals surface area contributed by atoms with Gasteiger partial charge in [0.15, 0.2) is 5.96 Å². The average molecular weight is 532 g/mol. The third-order valence-corrected chi connectivity index (χ3v) is 5.26. The first-order chi connectivity index (χ1) is 13.6. The summed E-state index contributed by atoms with van der Waals surface area (Å²) in [6, 6.07) is 16.1. The first-order valence-electron chi connectivity index (χ1n) is 9.34. The highest BCUT2D eigenvalue weighted by atomic mass is 127. The molecule has 7 nitrogen and oxygen atoms in total. The number of ether oxygens (including phenoxy) is 1. The van der Waals surface area contributed by atoms with Crippen LogP contribution in [0.5, 0.6) is 5.75 Å². The van der Waals surface area contributed by atoms with E-state index in [-0.39, 0.29) is 35.4 Å². The molecule has 0 aromatic heterocycles. The van der Waals surface area contributed by atoms with Gasteiger partial charge in [0.1, 0.15) is 5.75 Å². The van der Waals surface area contributed by atoms with Crippen molar-refractivity contribution in [1.82, 2.24) is 15.4 Å². The van der Waals surface area contributed by atoms with Gasteiger partial charge in [-0.1, -0.05) is 36.4 Å². The van der Waals surface area contributed by atoms with Gasteiger partial charge in [0.2, 0.25) is 10.0 Å². The molecule has 2 aromatic rings. The first-order valence-corrected chi connectivity index (χ1v) is 10.8. The van der Waals surface area contributed by atoms with Crippen LogP contribution in [-0.2, 0) is 16.6 Å². The van der Waals surface area contributed by atoms with Crippen LogP contribution in [0.1, 0.15) is 19.4 Å². The van der Waals surface area contributed by atoms with Gasteiger partial charge in [-0.2, -0.15) is 0 Å². The van der Waals surface area contributed by atoms with Gasteiger partial charge in [-0.25, -0.2) is 18.1 Å². The van der Waals surface area contributed by atoms with E-state index >= 15 is 0 Å². The highest BCUT2D eigenvalue weighted by Crippen LogP contribution is 2.18. The summed E-state index contributed by atoms with van der Waals surface area (Å²) in [6.45, 7) is 6.34.